The smallest absolute Gasteiger partial charge is 0.190 e. The number of carbonyl (C=O) groups is 1. The van der Waals surface area contributed by atoms with Gasteiger partial charge in [0.2, 0.25) is 0 Å². The summed E-state index contributed by atoms with van der Waals surface area (Å²) in [7, 11) is 3.20. The van der Waals surface area contributed by atoms with E-state index in [0.717, 1.165) is 24.8 Å². The van der Waals surface area contributed by atoms with E-state index in [1.165, 1.54) is 0 Å². The van der Waals surface area contributed by atoms with Gasteiger partial charge in [0.05, 0.1) is 14.2 Å². The van der Waals surface area contributed by atoms with Crippen LogP contribution in [0.4, 0.5) is 0 Å². The highest BCUT2D eigenvalue weighted by Crippen LogP contribution is 2.43. The number of ether oxygens (including phenoxy) is 2. The third kappa shape index (κ3) is 2.30. The standard InChI is InChI=1S/C13H14Br2O3/c1-17-10-6-5-9-8(11(10)18-2)4-3-7-13(14,15)12(9)16/h5-6H,3-4,7H2,1-2H3. The summed E-state index contributed by atoms with van der Waals surface area (Å²) in [4.78, 5) is 12.4. The summed E-state index contributed by atoms with van der Waals surface area (Å²) in [6.45, 7) is 0. The largest absolute Gasteiger partial charge is 0.493 e. The van der Waals surface area contributed by atoms with Gasteiger partial charge in [-0.2, -0.15) is 0 Å². The second kappa shape index (κ2) is 5.21. The number of carbonyl (C=O) groups excluding carboxylic acids is 1. The van der Waals surface area contributed by atoms with Gasteiger partial charge in [-0.3, -0.25) is 4.79 Å². The molecule has 0 amide bonds. The van der Waals surface area contributed by atoms with Crippen molar-refractivity contribution >= 4 is 37.6 Å². The van der Waals surface area contributed by atoms with Crippen molar-refractivity contribution in [2.75, 3.05) is 14.2 Å². The molecular weight excluding hydrogens is 364 g/mol. The summed E-state index contributed by atoms with van der Waals surface area (Å²) in [5.41, 5.74) is 1.63. The molecule has 1 aromatic rings. The number of hydrogen-bond donors (Lipinski definition) is 0. The third-order valence-electron chi connectivity index (χ3n) is 3.14. The van der Waals surface area contributed by atoms with Gasteiger partial charge in [0.1, 0.15) is 3.23 Å². The molecule has 3 nitrogen and oxygen atoms in total. The van der Waals surface area contributed by atoms with Gasteiger partial charge in [0.15, 0.2) is 17.3 Å². The van der Waals surface area contributed by atoms with Crippen LogP contribution < -0.4 is 9.47 Å². The van der Waals surface area contributed by atoms with E-state index in [0.29, 0.717) is 17.1 Å². The van der Waals surface area contributed by atoms with Gasteiger partial charge in [-0.1, -0.05) is 31.9 Å². The van der Waals surface area contributed by atoms with E-state index in [2.05, 4.69) is 31.9 Å². The Kier molecular flexibility index (Phi) is 4.02. The third-order valence-corrected chi connectivity index (χ3v) is 4.66. The summed E-state index contributed by atoms with van der Waals surface area (Å²) in [6.07, 6.45) is 2.45. The van der Waals surface area contributed by atoms with E-state index in [9.17, 15) is 4.79 Å². The Labute approximate surface area is 123 Å². The van der Waals surface area contributed by atoms with Crippen LogP contribution in [-0.4, -0.2) is 23.2 Å². The van der Waals surface area contributed by atoms with E-state index in [4.69, 9.17) is 9.47 Å². The molecule has 0 aromatic heterocycles. The fraction of sp³-hybridized carbons (Fsp3) is 0.462. The van der Waals surface area contributed by atoms with Crippen molar-refractivity contribution in [2.24, 2.45) is 0 Å². The molecule has 0 fully saturated rings. The number of rotatable bonds is 2. The van der Waals surface area contributed by atoms with Gasteiger partial charge >= 0.3 is 0 Å². The Hall–Kier alpha value is -0.550. The van der Waals surface area contributed by atoms with E-state index in [-0.39, 0.29) is 5.78 Å². The molecule has 0 N–H and O–H groups in total. The lowest BCUT2D eigenvalue weighted by atomic mass is 10.0. The molecule has 1 aliphatic rings. The van der Waals surface area contributed by atoms with Crippen LogP contribution in [-0.2, 0) is 6.42 Å². The Morgan fingerprint density at radius 3 is 2.56 bits per heavy atom. The molecule has 0 bridgehead atoms. The number of hydrogen-bond acceptors (Lipinski definition) is 3. The predicted octanol–water partition coefficient (Wildman–Crippen LogP) is 3.71. The van der Waals surface area contributed by atoms with Crippen LogP contribution in [0.1, 0.15) is 28.8 Å². The number of fused-ring (bicyclic) bond motifs is 1. The number of ketones is 1. The van der Waals surface area contributed by atoms with Crippen LogP contribution >= 0.6 is 31.9 Å². The Balaban J connectivity index is 2.61. The molecule has 1 aromatic carbocycles. The SMILES string of the molecule is COc1ccc2c(c1OC)CCCC(Br)(Br)C2=O. The Morgan fingerprint density at radius 2 is 1.94 bits per heavy atom. The van der Waals surface area contributed by atoms with Crippen molar-refractivity contribution in [1.29, 1.82) is 0 Å². The first-order chi connectivity index (χ1) is 8.51. The van der Waals surface area contributed by atoms with Crippen LogP contribution in [0.25, 0.3) is 0 Å². The number of alkyl halides is 2. The Bertz CT molecular complexity index is 483. The van der Waals surface area contributed by atoms with Crippen LogP contribution in [0, 0.1) is 0 Å². The molecule has 0 heterocycles. The number of Topliss-reactive ketones (excluding diaryl/α,β-unsaturated/α-hetero) is 1. The maximum absolute atomic E-state index is 12.4. The highest BCUT2D eigenvalue weighted by Gasteiger charge is 2.37. The second-order valence-electron chi connectivity index (χ2n) is 4.21. The van der Waals surface area contributed by atoms with Crippen LogP contribution in [0.2, 0.25) is 0 Å². The first kappa shape index (κ1) is 13.9. The van der Waals surface area contributed by atoms with E-state index in [1.54, 1.807) is 20.3 Å². The molecule has 0 spiro atoms. The maximum atomic E-state index is 12.4. The van der Waals surface area contributed by atoms with Crippen LogP contribution in [0.15, 0.2) is 12.1 Å². The average molecular weight is 378 g/mol. The lowest BCUT2D eigenvalue weighted by Gasteiger charge is -2.17. The lowest BCUT2D eigenvalue weighted by Crippen LogP contribution is -2.23. The predicted molar refractivity (Wildman–Crippen MR) is 77.4 cm³/mol. The average Bonchev–Trinajstić information content (AvgIpc) is 2.46. The zero-order valence-corrected chi connectivity index (χ0v) is 13.4. The normalized spacial score (nSPS) is 17.9. The summed E-state index contributed by atoms with van der Waals surface area (Å²) in [5, 5.41) is 0. The van der Waals surface area contributed by atoms with E-state index >= 15 is 0 Å². The molecule has 98 valence electrons. The lowest BCUT2D eigenvalue weighted by molar-refractivity contribution is 0.0981. The molecule has 5 heteroatoms. The topological polar surface area (TPSA) is 35.5 Å². The molecule has 0 saturated carbocycles. The van der Waals surface area contributed by atoms with Gasteiger partial charge < -0.3 is 9.47 Å². The summed E-state index contributed by atoms with van der Waals surface area (Å²) >= 11 is 6.91. The summed E-state index contributed by atoms with van der Waals surface area (Å²) in [6, 6.07) is 3.58. The maximum Gasteiger partial charge on any atom is 0.190 e. The quantitative estimate of drug-likeness (QED) is 0.582. The summed E-state index contributed by atoms with van der Waals surface area (Å²) in [5.74, 6) is 1.37. The minimum Gasteiger partial charge on any atom is -0.493 e. The second-order valence-corrected chi connectivity index (χ2v) is 7.99. The van der Waals surface area contributed by atoms with Crippen molar-refractivity contribution in [3.63, 3.8) is 0 Å². The van der Waals surface area contributed by atoms with Gasteiger partial charge in [-0.05, 0) is 31.4 Å². The molecule has 1 aliphatic carbocycles. The Morgan fingerprint density at radius 1 is 1.22 bits per heavy atom. The molecule has 2 rings (SSSR count). The zero-order valence-electron chi connectivity index (χ0n) is 10.3. The molecule has 0 atom stereocenters. The first-order valence-electron chi connectivity index (χ1n) is 5.67. The molecule has 18 heavy (non-hydrogen) atoms. The van der Waals surface area contributed by atoms with Gasteiger partial charge in [-0.15, -0.1) is 0 Å². The van der Waals surface area contributed by atoms with Crippen molar-refractivity contribution < 1.29 is 14.3 Å². The fourth-order valence-electron chi connectivity index (χ4n) is 2.25. The van der Waals surface area contributed by atoms with Crippen molar-refractivity contribution in [1.82, 2.24) is 0 Å². The molecular formula is C13H14Br2O3. The number of methoxy groups -OCH3 is 2. The van der Waals surface area contributed by atoms with E-state index in [1.807, 2.05) is 6.07 Å². The minimum atomic E-state index is -0.662. The highest BCUT2D eigenvalue weighted by atomic mass is 79.9. The van der Waals surface area contributed by atoms with Crippen LogP contribution in [0.5, 0.6) is 11.5 Å². The van der Waals surface area contributed by atoms with Gasteiger partial charge in [0, 0.05) is 11.1 Å². The van der Waals surface area contributed by atoms with Crippen molar-refractivity contribution in [3.8, 4) is 11.5 Å². The van der Waals surface area contributed by atoms with Crippen molar-refractivity contribution in [3.05, 3.63) is 23.3 Å². The number of halogens is 2. The molecule has 0 unspecified atom stereocenters. The first-order valence-corrected chi connectivity index (χ1v) is 7.26. The van der Waals surface area contributed by atoms with Gasteiger partial charge in [-0.25, -0.2) is 0 Å². The van der Waals surface area contributed by atoms with Gasteiger partial charge in [0.25, 0.3) is 0 Å². The fourth-order valence-corrected chi connectivity index (χ4v) is 3.24. The van der Waals surface area contributed by atoms with Crippen LogP contribution in [0.3, 0.4) is 0 Å². The molecule has 0 aliphatic heterocycles. The molecule has 0 radical (unpaired) electrons. The zero-order chi connectivity index (χ0) is 13.3. The number of benzene rings is 1. The van der Waals surface area contributed by atoms with Crippen molar-refractivity contribution in [2.45, 2.75) is 22.5 Å². The monoisotopic (exact) mass is 376 g/mol. The molecule has 0 saturated heterocycles. The minimum absolute atomic E-state index is 0.0379. The highest BCUT2D eigenvalue weighted by molar-refractivity contribution is 9.25. The summed E-state index contributed by atoms with van der Waals surface area (Å²) < 4.78 is 10.0. The van der Waals surface area contributed by atoms with E-state index < -0.39 is 3.23 Å².